The number of nitrogens with two attached hydrogens (primary N) is 2. The van der Waals surface area contributed by atoms with Crippen molar-refractivity contribution in [1.82, 2.24) is 10.2 Å². The molecule has 0 bridgehead atoms. The normalized spacial score (nSPS) is 10.2. The van der Waals surface area contributed by atoms with Crippen LogP contribution in [0.5, 0.6) is 0 Å². The molecule has 7 heteroatoms. The monoisotopic (exact) mass is 259 g/mol. The molecule has 0 saturated carbocycles. The minimum absolute atomic E-state index is 0.131. The van der Waals surface area contributed by atoms with Crippen molar-refractivity contribution in [1.29, 1.82) is 0 Å². The van der Waals surface area contributed by atoms with Crippen LogP contribution in [0.4, 0.5) is 5.82 Å². The van der Waals surface area contributed by atoms with E-state index in [1.54, 1.807) is 24.3 Å². The molecule has 1 aromatic heterocycles. The number of anilines is 1. The number of hydrogen-bond acceptors (Lipinski definition) is 4. The molecule has 19 heavy (non-hydrogen) atoms. The summed E-state index contributed by atoms with van der Waals surface area (Å²) in [6.07, 6.45) is 1.26. The molecule has 0 aliphatic rings. The first-order valence-electron chi connectivity index (χ1n) is 5.55. The molecule has 0 aliphatic carbocycles. The third-order valence-electron chi connectivity index (χ3n) is 2.60. The van der Waals surface area contributed by atoms with E-state index in [1.165, 1.54) is 6.20 Å². The van der Waals surface area contributed by atoms with Gasteiger partial charge in [-0.2, -0.15) is 5.10 Å². The van der Waals surface area contributed by atoms with Crippen LogP contribution < -0.4 is 16.8 Å². The SMILES string of the molecule is NCc1ccc(C(=O)Nc2[nH]ncc2C(N)=O)cc1. The number of benzene rings is 1. The van der Waals surface area contributed by atoms with Crippen molar-refractivity contribution in [2.24, 2.45) is 11.5 Å². The van der Waals surface area contributed by atoms with Gasteiger partial charge in [-0.15, -0.1) is 0 Å². The highest BCUT2D eigenvalue weighted by molar-refractivity contribution is 6.07. The standard InChI is InChI=1S/C12H13N5O2/c13-5-7-1-3-8(4-2-7)12(19)16-11-9(10(14)18)6-15-17-11/h1-4,6H,5,13H2,(H2,14,18)(H2,15,16,17,19). The van der Waals surface area contributed by atoms with E-state index in [9.17, 15) is 9.59 Å². The molecule has 0 saturated heterocycles. The van der Waals surface area contributed by atoms with E-state index in [4.69, 9.17) is 11.5 Å². The lowest BCUT2D eigenvalue weighted by molar-refractivity contribution is 0.100. The number of H-pyrrole nitrogens is 1. The fraction of sp³-hybridized carbons (Fsp3) is 0.0833. The van der Waals surface area contributed by atoms with Crippen LogP contribution >= 0.6 is 0 Å². The van der Waals surface area contributed by atoms with Crippen molar-refractivity contribution in [2.45, 2.75) is 6.54 Å². The van der Waals surface area contributed by atoms with E-state index in [0.717, 1.165) is 5.56 Å². The topological polar surface area (TPSA) is 127 Å². The number of nitrogens with one attached hydrogen (secondary N) is 2. The van der Waals surface area contributed by atoms with Crippen LogP contribution in [0.3, 0.4) is 0 Å². The number of aromatic amines is 1. The van der Waals surface area contributed by atoms with Crippen molar-refractivity contribution in [3.05, 3.63) is 47.2 Å². The Morgan fingerprint density at radius 2 is 1.95 bits per heavy atom. The van der Waals surface area contributed by atoms with Crippen molar-refractivity contribution in [2.75, 3.05) is 5.32 Å². The molecule has 7 nitrogen and oxygen atoms in total. The molecule has 0 unspecified atom stereocenters. The van der Waals surface area contributed by atoms with Gasteiger partial charge in [-0.25, -0.2) is 0 Å². The average Bonchev–Trinajstić information content (AvgIpc) is 2.87. The summed E-state index contributed by atoms with van der Waals surface area (Å²) < 4.78 is 0. The number of nitrogens with zero attached hydrogens (tertiary/aromatic N) is 1. The maximum Gasteiger partial charge on any atom is 0.256 e. The Bertz CT molecular complexity index is 603. The van der Waals surface area contributed by atoms with E-state index in [2.05, 4.69) is 15.5 Å². The highest BCUT2D eigenvalue weighted by Gasteiger charge is 2.14. The maximum absolute atomic E-state index is 11.9. The smallest absolute Gasteiger partial charge is 0.256 e. The number of hydrogen-bond donors (Lipinski definition) is 4. The summed E-state index contributed by atoms with van der Waals surface area (Å²) in [5, 5.41) is 8.70. The Balaban J connectivity index is 2.16. The van der Waals surface area contributed by atoms with Crippen molar-refractivity contribution >= 4 is 17.6 Å². The number of carbonyl (C=O) groups excluding carboxylic acids is 2. The van der Waals surface area contributed by atoms with E-state index in [-0.39, 0.29) is 17.3 Å². The molecule has 1 aromatic carbocycles. The molecule has 0 atom stereocenters. The van der Waals surface area contributed by atoms with Crippen LogP contribution in [0.15, 0.2) is 30.5 Å². The van der Waals surface area contributed by atoms with Gasteiger partial charge < -0.3 is 16.8 Å². The van der Waals surface area contributed by atoms with Gasteiger partial charge in [0.15, 0.2) is 0 Å². The van der Waals surface area contributed by atoms with E-state index >= 15 is 0 Å². The minimum atomic E-state index is -0.664. The second-order valence-corrected chi connectivity index (χ2v) is 3.88. The summed E-state index contributed by atoms with van der Waals surface area (Å²) in [7, 11) is 0. The molecular formula is C12H13N5O2. The Morgan fingerprint density at radius 1 is 1.26 bits per heavy atom. The van der Waals surface area contributed by atoms with Crippen molar-refractivity contribution in [3.8, 4) is 0 Å². The zero-order chi connectivity index (χ0) is 13.8. The largest absolute Gasteiger partial charge is 0.365 e. The number of primary amides is 1. The molecule has 2 rings (SSSR count). The lowest BCUT2D eigenvalue weighted by Gasteiger charge is -2.05. The van der Waals surface area contributed by atoms with E-state index in [1.807, 2.05) is 0 Å². The van der Waals surface area contributed by atoms with Crippen LogP contribution in [-0.4, -0.2) is 22.0 Å². The third kappa shape index (κ3) is 2.78. The van der Waals surface area contributed by atoms with Gasteiger partial charge in [0.1, 0.15) is 11.4 Å². The number of aromatic nitrogens is 2. The van der Waals surface area contributed by atoms with Crippen LogP contribution in [-0.2, 0) is 6.54 Å². The van der Waals surface area contributed by atoms with Gasteiger partial charge in [0.05, 0.1) is 6.20 Å². The molecule has 0 fully saturated rings. The number of amides is 2. The lowest BCUT2D eigenvalue weighted by atomic mass is 10.1. The number of rotatable bonds is 4. The first-order valence-corrected chi connectivity index (χ1v) is 5.55. The Labute approximate surface area is 109 Å². The molecule has 0 radical (unpaired) electrons. The quantitative estimate of drug-likeness (QED) is 0.626. The minimum Gasteiger partial charge on any atom is -0.365 e. The Kier molecular flexibility index (Phi) is 3.58. The molecule has 0 aliphatic heterocycles. The predicted molar refractivity (Wildman–Crippen MR) is 69.4 cm³/mol. The predicted octanol–water partition coefficient (Wildman–Crippen LogP) is 0.220. The second-order valence-electron chi connectivity index (χ2n) is 3.88. The average molecular weight is 259 g/mol. The van der Waals surface area contributed by atoms with Crippen LogP contribution in [0.2, 0.25) is 0 Å². The zero-order valence-corrected chi connectivity index (χ0v) is 10.0. The van der Waals surface area contributed by atoms with Crippen LogP contribution in [0, 0.1) is 0 Å². The highest BCUT2D eigenvalue weighted by Crippen LogP contribution is 2.12. The molecule has 0 spiro atoms. The molecule has 1 heterocycles. The van der Waals surface area contributed by atoms with Gasteiger partial charge in [0.25, 0.3) is 11.8 Å². The summed E-state index contributed by atoms with van der Waals surface area (Å²) in [6, 6.07) is 6.82. The van der Waals surface area contributed by atoms with Crippen molar-refractivity contribution < 1.29 is 9.59 Å². The molecule has 98 valence electrons. The summed E-state index contributed by atoms with van der Waals surface area (Å²) in [5.41, 5.74) is 12.1. The molecule has 2 aromatic rings. The lowest BCUT2D eigenvalue weighted by Crippen LogP contribution is -2.17. The first-order chi connectivity index (χ1) is 9.11. The zero-order valence-electron chi connectivity index (χ0n) is 10.0. The van der Waals surface area contributed by atoms with Gasteiger partial charge in [-0.3, -0.25) is 14.7 Å². The fourth-order valence-electron chi connectivity index (χ4n) is 1.55. The van der Waals surface area contributed by atoms with Gasteiger partial charge in [0, 0.05) is 12.1 Å². The molecular weight excluding hydrogens is 246 g/mol. The Hall–Kier alpha value is -2.67. The van der Waals surface area contributed by atoms with E-state index < -0.39 is 5.91 Å². The second kappa shape index (κ2) is 5.32. The van der Waals surface area contributed by atoms with Crippen LogP contribution in [0.1, 0.15) is 26.3 Å². The summed E-state index contributed by atoms with van der Waals surface area (Å²) in [4.78, 5) is 23.0. The van der Waals surface area contributed by atoms with Gasteiger partial charge in [0.2, 0.25) is 0 Å². The maximum atomic E-state index is 11.9. The van der Waals surface area contributed by atoms with E-state index in [0.29, 0.717) is 12.1 Å². The van der Waals surface area contributed by atoms with Crippen molar-refractivity contribution in [3.63, 3.8) is 0 Å². The summed E-state index contributed by atoms with van der Waals surface area (Å²) >= 11 is 0. The summed E-state index contributed by atoms with van der Waals surface area (Å²) in [5.74, 6) is -0.849. The molecule has 6 N–H and O–H groups in total. The first kappa shape index (κ1) is 12.8. The van der Waals surface area contributed by atoms with Gasteiger partial charge in [-0.1, -0.05) is 12.1 Å². The summed E-state index contributed by atoms with van der Waals surface area (Å²) in [6.45, 7) is 0.411. The highest BCUT2D eigenvalue weighted by atomic mass is 16.2. The van der Waals surface area contributed by atoms with Gasteiger partial charge >= 0.3 is 0 Å². The number of carbonyl (C=O) groups is 2. The van der Waals surface area contributed by atoms with Gasteiger partial charge in [-0.05, 0) is 17.7 Å². The Morgan fingerprint density at radius 3 is 2.53 bits per heavy atom. The van der Waals surface area contributed by atoms with Crippen LogP contribution in [0.25, 0.3) is 0 Å². The fourth-order valence-corrected chi connectivity index (χ4v) is 1.55. The molecule has 2 amide bonds. The third-order valence-corrected chi connectivity index (χ3v) is 2.60.